The number of rotatable bonds is 8. The Balaban J connectivity index is 2.60. The monoisotopic (exact) mass is 295 g/mol. The third kappa shape index (κ3) is 5.83. The molecule has 0 atom stereocenters. The van der Waals surface area contributed by atoms with E-state index < -0.39 is 11.4 Å². The average Bonchev–Trinajstić information content (AvgIpc) is 2.38. The second-order valence-corrected chi connectivity index (χ2v) is 5.28. The molecule has 0 aliphatic heterocycles. The summed E-state index contributed by atoms with van der Waals surface area (Å²) in [5.74, 6) is -0.743. The van der Waals surface area contributed by atoms with Crippen LogP contribution in [-0.2, 0) is 14.3 Å². The zero-order valence-electron chi connectivity index (χ0n) is 12.5. The molecule has 0 aliphatic rings. The molecule has 0 aliphatic carbocycles. The Labute approximate surface area is 124 Å². The summed E-state index contributed by atoms with van der Waals surface area (Å²) in [5, 5.41) is 11.7. The minimum absolute atomic E-state index is 0.100. The van der Waals surface area contributed by atoms with Crippen LogP contribution in [0.15, 0.2) is 24.3 Å². The molecule has 0 saturated heterocycles. The van der Waals surface area contributed by atoms with E-state index in [4.69, 9.17) is 14.6 Å². The fraction of sp³-hybridized carbons (Fsp3) is 0.467. The molecule has 0 aromatic heterocycles. The maximum atomic E-state index is 11.9. The van der Waals surface area contributed by atoms with Crippen LogP contribution in [0.25, 0.3) is 0 Å². The third-order valence-corrected chi connectivity index (χ3v) is 2.86. The molecular weight excluding hydrogens is 274 g/mol. The number of amides is 1. The molecular formula is C15H21NO5. The van der Waals surface area contributed by atoms with Gasteiger partial charge < -0.3 is 19.9 Å². The molecule has 0 saturated carbocycles. The number of carbonyl (C=O) groups is 2. The molecule has 0 heterocycles. The van der Waals surface area contributed by atoms with Gasteiger partial charge in [0.15, 0.2) is 0 Å². The summed E-state index contributed by atoms with van der Waals surface area (Å²) in [7, 11) is 1.59. The summed E-state index contributed by atoms with van der Waals surface area (Å²) in [6.45, 7) is 3.92. The van der Waals surface area contributed by atoms with E-state index in [0.29, 0.717) is 24.7 Å². The fourth-order valence-electron chi connectivity index (χ4n) is 1.59. The van der Waals surface area contributed by atoms with Crippen LogP contribution in [0.1, 0.15) is 20.3 Å². The summed E-state index contributed by atoms with van der Waals surface area (Å²) in [6, 6.07) is 6.92. The number of benzene rings is 1. The van der Waals surface area contributed by atoms with Gasteiger partial charge in [-0.1, -0.05) is 6.07 Å². The number of methoxy groups -OCH3 is 1. The number of carbonyl (C=O) groups excluding carboxylic acids is 1. The Morgan fingerprint density at radius 3 is 2.62 bits per heavy atom. The predicted octanol–water partition coefficient (Wildman–Crippen LogP) is 2.15. The van der Waals surface area contributed by atoms with Crippen molar-refractivity contribution in [2.45, 2.75) is 20.3 Å². The van der Waals surface area contributed by atoms with E-state index in [2.05, 4.69) is 5.32 Å². The van der Waals surface area contributed by atoms with E-state index in [-0.39, 0.29) is 12.3 Å². The van der Waals surface area contributed by atoms with Crippen LogP contribution in [0.3, 0.4) is 0 Å². The Kier molecular flexibility index (Phi) is 6.17. The van der Waals surface area contributed by atoms with Gasteiger partial charge in [0.25, 0.3) is 0 Å². The largest absolute Gasteiger partial charge is 0.491 e. The SMILES string of the molecule is COCCOc1cccc(NC(=O)CC(C)(C)C(=O)O)c1. The van der Waals surface area contributed by atoms with Crippen LogP contribution in [0.4, 0.5) is 5.69 Å². The van der Waals surface area contributed by atoms with Crippen LogP contribution in [0.2, 0.25) is 0 Å². The Morgan fingerprint density at radius 2 is 2.00 bits per heavy atom. The number of hydrogen-bond acceptors (Lipinski definition) is 4. The molecule has 6 heteroatoms. The van der Waals surface area contributed by atoms with Gasteiger partial charge in [0.05, 0.1) is 12.0 Å². The van der Waals surface area contributed by atoms with Crippen LogP contribution in [0, 0.1) is 5.41 Å². The topological polar surface area (TPSA) is 84.9 Å². The summed E-state index contributed by atoms with van der Waals surface area (Å²) >= 11 is 0. The number of nitrogens with one attached hydrogen (secondary N) is 1. The maximum absolute atomic E-state index is 11.9. The molecule has 1 aromatic carbocycles. The zero-order chi connectivity index (χ0) is 15.9. The first-order valence-corrected chi connectivity index (χ1v) is 6.60. The van der Waals surface area contributed by atoms with Gasteiger partial charge in [-0.05, 0) is 26.0 Å². The van der Waals surface area contributed by atoms with E-state index in [1.165, 1.54) is 13.8 Å². The minimum atomic E-state index is -1.10. The van der Waals surface area contributed by atoms with E-state index in [1.807, 2.05) is 0 Å². The number of anilines is 1. The molecule has 116 valence electrons. The molecule has 21 heavy (non-hydrogen) atoms. The molecule has 2 N–H and O–H groups in total. The van der Waals surface area contributed by atoms with Crippen molar-refractivity contribution >= 4 is 17.6 Å². The van der Waals surface area contributed by atoms with Crippen LogP contribution in [-0.4, -0.2) is 37.3 Å². The smallest absolute Gasteiger partial charge is 0.309 e. The molecule has 0 spiro atoms. The molecule has 6 nitrogen and oxygen atoms in total. The molecule has 0 fully saturated rings. The van der Waals surface area contributed by atoms with Gasteiger partial charge in [0, 0.05) is 25.3 Å². The highest BCUT2D eigenvalue weighted by Crippen LogP contribution is 2.22. The second kappa shape index (κ2) is 7.64. The number of ether oxygens (including phenoxy) is 2. The summed E-state index contributed by atoms with van der Waals surface area (Å²) in [5.41, 5.74) is -0.535. The minimum Gasteiger partial charge on any atom is -0.491 e. The lowest BCUT2D eigenvalue weighted by Crippen LogP contribution is -2.29. The van der Waals surface area contributed by atoms with Crippen molar-refractivity contribution in [3.05, 3.63) is 24.3 Å². The first-order valence-electron chi connectivity index (χ1n) is 6.60. The molecule has 0 unspecified atom stereocenters. The highest BCUT2D eigenvalue weighted by Gasteiger charge is 2.30. The van der Waals surface area contributed by atoms with Crippen LogP contribution < -0.4 is 10.1 Å². The van der Waals surface area contributed by atoms with Gasteiger partial charge in [-0.2, -0.15) is 0 Å². The normalized spacial score (nSPS) is 11.0. The van der Waals surface area contributed by atoms with Gasteiger partial charge in [-0.15, -0.1) is 0 Å². The highest BCUT2D eigenvalue weighted by molar-refractivity contribution is 5.94. The number of hydrogen-bond donors (Lipinski definition) is 2. The lowest BCUT2D eigenvalue weighted by Gasteiger charge is -2.18. The maximum Gasteiger partial charge on any atom is 0.309 e. The average molecular weight is 295 g/mol. The highest BCUT2D eigenvalue weighted by atomic mass is 16.5. The first kappa shape index (κ1) is 17.0. The standard InChI is InChI=1S/C15H21NO5/c1-15(2,14(18)19)10-13(17)16-11-5-4-6-12(9-11)21-8-7-20-3/h4-6,9H,7-8,10H2,1-3H3,(H,16,17)(H,18,19). The number of aliphatic carboxylic acids is 1. The molecule has 1 amide bonds. The molecule has 0 radical (unpaired) electrons. The van der Waals surface area contributed by atoms with Crippen LogP contribution in [0.5, 0.6) is 5.75 Å². The van der Waals surface area contributed by atoms with Crippen molar-refractivity contribution < 1.29 is 24.2 Å². The van der Waals surface area contributed by atoms with Crippen LogP contribution >= 0.6 is 0 Å². The molecule has 0 bridgehead atoms. The molecule has 1 rings (SSSR count). The summed E-state index contributed by atoms with van der Waals surface area (Å²) in [6.07, 6.45) is -0.100. The lowest BCUT2D eigenvalue weighted by molar-refractivity contribution is -0.148. The van der Waals surface area contributed by atoms with Gasteiger partial charge in [0.1, 0.15) is 12.4 Å². The predicted molar refractivity (Wildman–Crippen MR) is 78.5 cm³/mol. The Bertz CT molecular complexity index is 499. The van der Waals surface area contributed by atoms with Crippen molar-refractivity contribution in [3.8, 4) is 5.75 Å². The van der Waals surface area contributed by atoms with Gasteiger partial charge in [0.2, 0.25) is 5.91 Å². The van der Waals surface area contributed by atoms with Gasteiger partial charge in [-0.3, -0.25) is 9.59 Å². The van der Waals surface area contributed by atoms with E-state index in [0.717, 1.165) is 0 Å². The van der Waals surface area contributed by atoms with Gasteiger partial charge >= 0.3 is 5.97 Å². The number of carboxylic acids is 1. The van der Waals surface area contributed by atoms with Crippen molar-refractivity contribution in [3.63, 3.8) is 0 Å². The molecule has 1 aromatic rings. The third-order valence-electron chi connectivity index (χ3n) is 2.86. The summed E-state index contributed by atoms with van der Waals surface area (Å²) in [4.78, 5) is 22.9. The first-order chi connectivity index (χ1) is 9.85. The summed E-state index contributed by atoms with van der Waals surface area (Å²) < 4.78 is 10.3. The van der Waals surface area contributed by atoms with E-state index >= 15 is 0 Å². The Hall–Kier alpha value is -2.08. The van der Waals surface area contributed by atoms with Crippen molar-refractivity contribution in [2.75, 3.05) is 25.6 Å². The van der Waals surface area contributed by atoms with Crippen molar-refractivity contribution in [2.24, 2.45) is 5.41 Å². The van der Waals surface area contributed by atoms with Crippen molar-refractivity contribution in [1.82, 2.24) is 0 Å². The van der Waals surface area contributed by atoms with E-state index in [9.17, 15) is 9.59 Å². The number of carboxylic acid groups (broad SMARTS) is 1. The zero-order valence-corrected chi connectivity index (χ0v) is 12.5. The van der Waals surface area contributed by atoms with Crippen molar-refractivity contribution in [1.29, 1.82) is 0 Å². The second-order valence-electron chi connectivity index (χ2n) is 5.28. The quantitative estimate of drug-likeness (QED) is 0.718. The van der Waals surface area contributed by atoms with E-state index in [1.54, 1.807) is 31.4 Å². The fourth-order valence-corrected chi connectivity index (χ4v) is 1.59. The lowest BCUT2D eigenvalue weighted by atomic mass is 9.89. The Morgan fingerprint density at radius 1 is 1.29 bits per heavy atom. The van der Waals surface area contributed by atoms with Gasteiger partial charge in [-0.25, -0.2) is 0 Å².